The molecule has 4 nitrogen and oxygen atoms in total. The number of aromatic nitrogens is 1. The second-order valence-corrected chi connectivity index (χ2v) is 7.94. The lowest BCUT2D eigenvalue weighted by atomic mass is 9.90. The van der Waals surface area contributed by atoms with Gasteiger partial charge in [-0.2, -0.15) is 0 Å². The quantitative estimate of drug-likeness (QED) is 0.605. The van der Waals surface area contributed by atoms with Gasteiger partial charge in [0.25, 0.3) is 0 Å². The molecule has 1 amide bonds. The Bertz CT molecular complexity index is 1060. The van der Waals surface area contributed by atoms with Crippen LogP contribution in [0.4, 0.5) is 11.5 Å². The Morgan fingerprint density at radius 3 is 2.50 bits per heavy atom. The lowest BCUT2D eigenvalue weighted by molar-refractivity contribution is -0.118. The number of rotatable bonds is 2. The monoisotopic (exact) mass is 404 g/mol. The van der Waals surface area contributed by atoms with Crippen LogP contribution < -0.4 is 9.77 Å². The van der Waals surface area contributed by atoms with Crippen molar-refractivity contribution in [3.05, 3.63) is 78.7 Å². The summed E-state index contributed by atoms with van der Waals surface area (Å²) in [5.74, 6) is 0.271. The van der Waals surface area contributed by atoms with Gasteiger partial charge in [-0.25, -0.2) is 0 Å². The van der Waals surface area contributed by atoms with Gasteiger partial charge in [-0.15, -0.1) is 0 Å². The lowest BCUT2D eigenvalue weighted by Gasteiger charge is -2.32. The number of benzene rings is 2. The number of carbonyl (C=O) groups is 1. The number of hydrogen-bond donors (Lipinski definition) is 0. The van der Waals surface area contributed by atoms with Gasteiger partial charge in [0.15, 0.2) is 0 Å². The van der Waals surface area contributed by atoms with E-state index in [9.17, 15) is 9.59 Å². The first kappa shape index (κ1) is 17.3. The van der Waals surface area contributed by atoms with Crippen LogP contribution in [-0.4, -0.2) is 10.5 Å². The minimum Gasteiger partial charge on any atom is -0.288 e. The summed E-state index contributed by atoms with van der Waals surface area (Å²) in [6, 6.07) is 14.6. The molecule has 1 atom stereocenters. The van der Waals surface area contributed by atoms with E-state index in [1.165, 1.54) is 4.57 Å². The largest absolute Gasteiger partial charge is 0.308 e. The van der Waals surface area contributed by atoms with Gasteiger partial charge in [-0.1, -0.05) is 58.8 Å². The van der Waals surface area contributed by atoms with Gasteiger partial charge in [-0.05, 0) is 29.8 Å². The topological polar surface area (TPSA) is 42.3 Å². The van der Waals surface area contributed by atoms with E-state index in [0.717, 1.165) is 27.5 Å². The summed E-state index contributed by atoms with van der Waals surface area (Å²) < 4.78 is 1.53. The van der Waals surface area contributed by atoms with Gasteiger partial charge in [-0.3, -0.25) is 19.1 Å². The van der Waals surface area contributed by atoms with Crippen LogP contribution in [0.3, 0.4) is 0 Å². The molecule has 0 bridgehead atoms. The number of thiazole rings is 1. The average Bonchev–Trinajstić information content (AvgIpc) is 2.91. The zero-order chi connectivity index (χ0) is 18.4. The Kier molecular flexibility index (Phi) is 4.39. The van der Waals surface area contributed by atoms with Crippen molar-refractivity contribution in [2.45, 2.75) is 12.3 Å². The molecular formula is C19H14Cl2N2O2S. The third-order valence-corrected chi connectivity index (χ3v) is 6.22. The zero-order valence-electron chi connectivity index (χ0n) is 13.8. The van der Waals surface area contributed by atoms with Crippen molar-refractivity contribution in [2.75, 3.05) is 4.90 Å². The summed E-state index contributed by atoms with van der Waals surface area (Å²) in [4.78, 5) is 27.8. The van der Waals surface area contributed by atoms with Gasteiger partial charge in [0.05, 0.1) is 10.6 Å². The molecule has 4 rings (SSSR count). The number of carbonyl (C=O) groups excluding carboxylic acids is 1. The van der Waals surface area contributed by atoms with Gasteiger partial charge >= 0.3 is 4.87 Å². The first-order valence-corrected chi connectivity index (χ1v) is 9.57. The fraction of sp³-hybridized carbons (Fsp3) is 0.158. The van der Waals surface area contributed by atoms with Crippen molar-refractivity contribution < 1.29 is 4.79 Å². The van der Waals surface area contributed by atoms with E-state index in [-0.39, 0.29) is 23.1 Å². The molecule has 0 N–H and O–H groups in total. The summed E-state index contributed by atoms with van der Waals surface area (Å²) >= 11 is 13.5. The van der Waals surface area contributed by atoms with Gasteiger partial charge in [0, 0.05) is 29.4 Å². The molecule has 0 radical (unpaired) electrons. The van der Waals surface area contributed by atoms with Gasteiger partial charge in [0.1, 0.15) is 5.82 Å². The standard InChI is InChI=1S/C19H14Cl2N2O2S/c1-22-18-17(26-19(22)25)14(13-8-7-11(20)9-15(13)21)10-16(24)23(18)12-5-3-2-4-6-12/h2-9,14H,10H2,1H3. The molecule has 132 valence electrons. The molecule has 1 aromatic heterocycles. The maximum absolute atomic E-state index is 13.0. The maximum atomic E-state index is 13.0. The highest BCUT2D eigenvalue weighted by molar-refractivity contribution is 7.10. The molecule has 0 spiro atoms. The first-order chi connectivity index (χ1) is 12.5. The molecule has 0 saturated heterocycles. The van der Waals surface area contributed by atoms with E-state index in [4.69, 9.17) is 23.2 Å². The second kappa shape index (κ2) is 6.58. The van der Waals surface area contributed by atoms with Crippen LogP contribution in [0.5, 0.6) is 0 Å². The van der Waals surface area contributed by atoms with Gasteiger partial charge < -0.3 is 0 Å². The second-order valence-electron chi connectivity index (χ2n) is 6.10. The van der Waals surface area contributed by atoms with Crippen molar-refractivity contribution in [3.8, 4) is 0 Å². The van der Waals surface area contributed by atoms with E-state index in [0.29, 0.717) is 15.9 Å². The normalized spacial score (nSPS) is 16.7. The molecule has 0 fully saturated rings. The number of amides is 1. The van der Waals surface area contributed by atoms with Crippen molar-refractivity contribution in [2.24, 2.45) is 7.05 Å². The van der Waals surface area contributed by atoms with E-state index >= 15 is 0 Å². The van der Waals surface area contributed by atoms with Crippen molar-refractivity contribution in [3.63, 3.8) is 0 Å². The van der Waals surface area contributed by atoms with Crippen LogP contribution in [0.25, 0.3) is 0 Å². The number of hydrogen-bond acceptors (Lipinski definition) is 3. The van der Waals surface area contributed by atoms with E-state index < -0.39 is 0 Å². The molecule has 3 aromatic rings. The number of fused-ring (bicyclic) bond motifs is 1. The SMILES string of the molecule is Cn1c2c(sc1=O)C(c1ccc(Cl)cc1Cl)CC(=O)N2c1ccccc1. The summed E-state index contributed by atoms with van der Waals surface area (Å²) in [7, 11) is 1.69. The molecule has 7 heteroatoms. The fourth-order valence-electron chi connectivity index (χ4n) is 3.30. The highest BCUT2D eigenvalue weighted by Gasteiger charge is 2.37. The summed E-state index contributed by atoms with van der Waals surface area (Å²) in [5, 5.41) is 1.03. The number of nitrogens with zero attached hydrogens (tertiary/aromatic N) is 2. The molecule has 0 saturated carbocycles. The molecule has 1 aliphatic rings. The van der Waals surface area contributed by atoms with Crippen molar-refractivity contribution in [1.82, 2.24) is 4.57 Å². The van der Waals surface area contributed by atoms with E-state index in [1.54, 1.807) is 24.1 Å². The van der Waals surface area contributed by atoms with Crippen LogP contribution >= 0.6 is 34.5 Å². The molecule has 26 heavy (non-hydrogen) atoms. The Hall–Kier alpha value is -2.08. The van der Waals surface area contributed by atoms with E-state index in [1.807, 2.05) is 36.4 Å². The van der Waals surface area contributed by atoms with Crippen LogP contribution in [0.15, 0.2) is 53.3 Å². The predicted molar refractivity (Wildman–Crippen MR) is 106 cm³/mol. The van der Waals surface area contributed by atoms with Crippen LogP contribution in [-0.2, 0) is 11.8 Å². The third-order valence-electron chi connectivity index (χ3n) is 4.52. The number of para-hydroxylation sites is 1. The Labute approximate surface area is 164 Å². The highest BCUT2D eigenvalue weighted by atomic mass is 35.5. The minimum absolute atomic E-state index is 0.0758. The Morgan fingerprint density at radius 2 is 1.81 bits per heavy atom. The van der Waals surface area contributed by atoms with Crippen LogP contribution in [0, 0.1) is 0 Å². The molecule has 2 aromatic carbocycles. The van der Waals surface area contributed by atoms with E-state index in [2.05, 4.69) is 0 Å². The highest BCUT2D eigenvalue weighted by Crippen LogP contribution is 2.46. The molecule has 1 unspecified atom stereocenters. The molecule has 0 aliphatic carbocycles. The summed E-state index contributed by atoms with van der Waals surface area (Å²) in [6.45, 7) is 0. The molecule has 1 aliphatic heterocycles. The Morgan fingerprint density at radius 1 is 1.08 bits per heavy atom. The zero-order valence-corrected chi connectivity index (χ0v) is 16.1. The number of anilines is 2. The average molecular weight is 405 g/mol. The summed E-state index contributed by atoms with van der Waals surface area (Å²) in [5.41, 5.74) is 1.55. The summed E-state index contributed by atoms with van der Waals surface area (Å²) in [6.07, 6.45) is 0.239. The smallest absolute Gasteiger partial charge is 0.288 e. The first-order valence-electron chi connectivity index (χ1n) is 8.00. The van der Waals surface area contributed by atoms with Crippen molar-refractivity contribution in [1.29, 1.82) is 0 Å². The van der Waals surface area contributed by atoms with Crippen LogP contribution in [0.1, 0.15) is 22.8 Å². The molecular weight excluding hydrogens is 391 g/mol. The van der Waals surface area contributed by atoms with Crippen LogP contribution in [0.2, 0.25) is 10.0 Å². The maximum Gasteiger partial charge on any atom is 0.308 e. The van der Waals surface area contributed by atoms with Crippen molar-refractivity contribution >= 4 is 52.0 Å². The predicted octanol–water partition coefficient (Wildman–Crippen LogP) is 4.95. The third kappa shape index (κ3) is 2.76. The fourth-order valence-corrected chi connectivity index (χ4v) is 4.93. The Balaban J connectivity index is 1.92. The molecule has 2 heterocycles. The number of halogens is 2. The lowest BCUT2D eigenvalue weighted by Crippen LogP contribution is -2.34. The minimum atomic E-state index is -0.263. The van der Waals surface area contributed by atoms with Gasteiger partial charge in [0.2, 0.25) is 5.91 Å².